The van der Waals surface area contributed by atoms with Crippen molar-refractivity contribution < 1.29 is 0 Å². The molecule has 0 aliphatic carbocycles. The van der Waals surface area contributed by atoms with Gasteiger partial charge in [-0.1, -0.05) is 48.5 Å². The molecular weight excluding hydrogens is 244 g/mol. The average Bonchev–Trinajstić information content (AvgIpc) is 2.64. The zero-order valence-electron chi connectivity index (χ0n) is 10.1. The lowest BCUT2D eigenvalue weighted by molar-refractivity contribution is 0.984. The van der Waals surface area contributed by atoms with E-state index in [2.05, 4.69) is 24.3 Å². The molecule has 0 fully saturated rings. The van der Waals surface area contributed by atoms with Gasteiger partial charge in [0.1, 0.15) is 5.82 Å². The second-order valence-corrected chi connectivity index (χ2v) is 4.20. The van der Waals surface area contributed by atoms with Crippen LogP contribution >= 0.6 is 12.4 Å². The summed E-state index contributed by atoms with van der Waals surface area (Å²) in [7, 11) is 2.00. The van der Waals surface area contributed by atoms with Crippen LogP contribution in [0, 0.1) is 0 Å². The van der Waals surface area contributed by atoms with Gasteiger partial charge in [0, 0.05) is 23.5 Å². The molecule has 0 spiro atoms. The van der Waals surface area contributed by atoms with Crippen molar-refractivity contribution >= 4 is 29.1 Å². The van der Waals surface area contributed by atoms with Crippen molar-refractivity contribution in [3.63, 3.8) is 0 Å². The van der Waals surface area contributed by atoms with Gasteiger partial charge in [0.05, 0.1) is 0 Å². The first-order valence-corrected chi connectivity index (χ1v) is 5.67. The highest BCUT2D eigenvalue weighted by molar-refractivity contribution is 6.02. The number of rotatable bonds is 1. The third kappa shape index (κ3) is 1.75. The highest BCUT2D eigenvalue weighted by Crippen LogP contribution is 2.35. The lowest BCUT2D eigenvalue weighted by Crippen LogP contribution is -1.96. The Morgan fingerprint density at radius 1 is 0.889 bits per heavy atom. The molecule has 1 aromatic heterocycles. The maximum atomic E-state index is 6.21. The quantitative estimate of drug-likeness (QED) is 0.706. The van der Waals surface area contributed by atoms with Crippen LogP contribution in [-0.2, 0) is 7.05 Å². The highest BCUT2D eigenvalue weighted by Gasteiger charge is 2.13. The molecule has 0 unspecified atom stereocenters. The third-order valence-corrected chi connectivity index (χ3v) is 3.21. The van der Waals surface area contributed by atoms with E-state index < -0.39 is 0 Å². The highest BCUT2D eigenvalue weighted by atomic mass is 35.5. The number of nitrogens with zero attached hydrogens (tertiary/aromatic N) is 1. The second-order valence-electron chi connectivity index (χ2n) is 4.20. The molecule has 1 heterocycles. The summed E-state index contributed by atoms with van der Waals surface area (Å²) in [5, 5.41) is 1.21. The summed E-state index contributed by atoms with van der Waals surface area (Å²) in [6, 6.07) is 18.6. The monoisotopic (exact) mass is 258 g/mol. The van der Waals surface area contributed by atoms with Crippen LogP contribution in [-0.4, -0.2) is 4.57 Å². The van der Waals surface area contributed by atoms with Crippen LogP contribution in [0.4, 0.5) is 5.82 Å². The minimum Gasteiger partial charge on any atom is -0.385 e. The molecule has 0 saturated carbocycles. The Hall–Kier alpha value is -1.93. The Balaban J connectivity index is 0.00000120. The van der Waals surface area contributed by atoms with Crippen molar-refractivity contribution in [2.45, 2.75) is 0 Å². The summed E-state index contributed by atoms with van der Waals surface area (Å²) in [6.07, 6.45) is 0. The van der Waals surface area contributed by atoms with Crippen LogP contribution in [0.25, 0.3) is 22.0 Å². The number of halogens is 1. The van der Waals surface area contributed by atoms with Gasteiger partial charge in [-0.2, -0.15) is 0 Å². The van der Waals surface area contributed by atoms with Gasteiger partial charge in [0.15, 0.2) is 0 Å². The van der Waals surface area contributed by atoms with E-state index in [1.165, 1.54) is 16.5 Å². The van der Waals surface area contributed by atoms with Gasteiger partial charge in [-0.3, -0.25) is 0 Å². The average molecular weight is 259 g/mol. The van der Waals surface area contributed by atoms with Crippen LogP contribution in [0.15, 0.2) is 54.6 Å². The number of hydrogen-bond acceptors (Lipinski definition) is 1. The molecule has 2 nitrogen and oxygen atoms in total. The van der Waals surface area contributed by atoms with Crippen molar-refractivity contribution in [1.82, 2.24) is 4.57 Å². The molecule has 2 aromatic carbocycles. The lowest BCUT2D eigenvalue weighted by atomic mass is 10.0. The van der Waals surface area contributed by atoms with Gasteiger partial charge in [0.2, 0.25) is 0 Å². The second kappa shape index (κ2) is 4.75. The van der Waals surface area contributed by atoms with Crippen molar-refractivity contribution in [1.29, 1.82) is 0 Å². The van der Waals surface area contributed by atoms with Crippen LogP contribution in [0.2, 0.25) is 0 Å². The van der Waals surface area contributed by atoms with E-state index in [4.69, 9.17) is 5.73 Å². The molecule has 0 atom stereocenters. The molecule has 18 heavy (non-hydrogen) atoms. The molecule has 0 amide bonds. The number of anilines is 1. The summed E-state index contributed by atoms with van der Waals surface area (Å²) < 4.78 is 2.04. The van der Waals surface area contributed by atoms with Gasteiger partial charge in [-0.05, 0) is 11.6 Å². The Bertz CT molecular complexity index is 672. The predicted molar refractivity (Wildman–Crippen MR) is 80.0 cm³/mol. The zero-order chi connectivity index (χ0) is 11.8. The number of nitrogens with two attached hydrogens (primary N) is 1. The van der Waals surface area contributed by atoms with Crippen LogP contribution in [0.1, 0.15) is 0 Å². The molecule has 92 valence electrons. The summed E-state index contributed by atoms with van der Waals surface area (Å²) in [5.74, 6) is 0.817. The molecule has 3 aromatic rings. The summed E-state index contributed by atoms with van der Waals surface area (Å²) in [4.78, 5) is 0. The van der Waals surface area contributed by atoms with Gasteiger partial charge in [-0.15, -0.1) is 12.4 Å². The predicted octanol–water partition coefficient (Wildman–Crippen LogP) is 3.85. The standard InChI is InChI=1S/C15H14N2.ClH/c1-17-13-10-6-5-9-12(13)14(15(17)16)11-7-3-2-4-8-11;/h2-10H,16H2,1H3;1H. The Morgan fingerprint density at radius 3 is 2.22 bits per heavy atom. The minimum absolute atomic E-state index is 0. The molecular formula is C15H15ClN2. The number of hydrogen-bond donors (Lipinski definition) is 1. The maximum absolute atomic E-state index is 6.21. The molecule has 0 aliphatic rings. The van der Waals surface area contributed by atoms with Gasteiger partial charge in [0.25, 0.3) is 0 Å². The Kier molecular flexibility index (Phi) is 3.30. The molecule has 3 heteroatoms. The summed E-state index contributed by atoms with van der Waals surface area (Å²) in [5.41, 5.74) is 9.68. The van der Waals surface area contributed by atoms with Crippen LogP contribution in [0.5, 0.6) is 0 Å². The van der Waals surface area contributed by atoms with Crippen molar-refractivity contribution in [2.75, 3.05) is 5.73 Å². The Morgan fingerprint density at radius 2 is 1.50 bits per heavy atom. The lowest BCUT2D eigenvalue weighted by Gasteiger charge is -2.02. The van der Waals surface area contributed by atoms with Gasteiger partial charge in [-0.25, -0.2) is 0 Å². The summed E-state index contributed by atoms with van der Waals surface area (Å²) >= 11 is 0. The van der Waals surface area contributed by atoms with Crippen LogP contribution < -0.4 is 5.73 Å². The van der Waals surface area contributed by atoms with Crippen LogP contribution in [0.3, 0.4) is 0 Å². The number of nitrogen functional groups attached to an aromatic ring is 1. The fraction of sp³-hybridized carbons (Fsp3) is 0.0667. The maximum Gasteiger partial charge on any atom is 0.112 e. The number of aromatic nitrogens is 1. The first kappa shape index (κ1) is 12.5. The number of para-hydroxylation sites is 1. The number of benzene rings is 2. The molecule has 0 aliphatic heterocycles. The normalized spacial score (nSPS) is 10.3. The van der Waals surface area contributed by atoms with Gasteiger partial charge >= 0.3 is 0 Å². The fourth-order valence-corrected chi connectivity index (χ4v) is 2.32. The first-order valence-electron chi connectivity index (χ1n) is 5.67. The number of fused-ring (bicyclic) bond motifs is 1. The molecule has 2 N–H and O–H groups in total. The molecule has 0 saturated heterocycles. The zero-order valence-corrected chi connectivity index (χ0v) is 10.9. The molecule has 0 bridgehead atoms. The molecule has 3 rings (SSSR count). The first-order chi connectivity index (χ1) is 8.29. The largest absolute Gasteiger partial charge is 0.385 e. The minimum atomic E-state index is 0. The topological polar surface area (TPSA) is 30.9 Å². The Labute approximate surface area is 112 Å². The summed E-state index contributed by atoms with van der Waals surface area (Å²) in [6.45, 7) is 0. The van der Waals surface area contributed by atoms with E-state index in [0.29, 0.717) is 0 Å². The van der Waals surface area contributed by atoms with E-state index >= 15 is 0 Å². The SMILES string of the molecule is Cl.Cn1c(N)c(-c2ccccc2)c2ccccc21. The van der Waals surface area contributed by atoms with E-state index in [1.54, 1.807) is 0 Å². The van der Waals surface area contributed by atoms with Crippen molar-refractivity contribution in [3.05, 3.63) is 54.6 Å². The van der Waals surface area contributed by atoms with Crippen molar-refractivity contribution in [3.8, 4) is 11.1 Å². The van der Waals surface area contributed by atoms with Gasteiger partial charge < -0.3 is 10.3 Å². The van der Waals surface area contributed by atoms with E-state index in [1.807, 2.05) is 41.9 Å². The fourth-order valence-electron chi connectivity index (χ4n) is 2.32. The van der Waals surface area contributed by atoms with E-state index in [9.17, 15) is 0 Å². The van der Waals surface area contributed by atoms with Crippen molar-refractivity contribution in [2.24, 2.45) is 7.05 Å². The number of aryl methyl sites for hydroxylation is 1. The third-order valence-electron chi connectivity index (χ3n) is 3.21. The van der Waals surface area contributed by atoms with E-state index in [0.717, 1.165) is 11.4 Å². The van der Waals surface area contributed by atoms with E-state index in [-0.39, 0.29) is 12.4 Å². The molecule has 0 radical (unpaired) electrons. The smallest absolute Gasteiger partial charge is 0.112 e.